The van der Waals surface area contributed by atoms with Crippen molar-refractivity contribution in [3.05, 3.63) is 75.6 Å². The molecule has 0 bridgehead atoms. The van der Waals surface area contributed by atoms with Crippen LogP contribution in [0.25, 0.3) is 0 Å². The van der Waals surface area contributed by atoms with E-state index >= 15 is 0 Å². The van der Waals surface area contributed by atoms with Crippen LogP contribution in [0.4, 0.5) is 10.1 Å². The average Bonchev–Trinajstić information content (AvgIpc) is 2.46. The minimum absolute atomic E-state index is 0.0331. The van der Waals surface area contributed by atoms with Crippen molar-refractivity contribution in [1.29, 1.82) is 0 Å². The number of nitro benzene ring substituents is 1. The summed E-state index contributed by atoms with van der Waals surface area (Å²) >= 11 is 0. The van der Waals surface area contributed by atoms with E-state index in [0.717, 1.165) is 0 Å². The van der Waals surface area contributed by atoms with Gasteiger partial charge in [-0.3, -0.25) is 10.1 Å². The lowest BCUT2D eigenvalue weighted by molar-refractivity contribution is -0.385. The Morgan fingerprint density at radius 3 is 2.50 bits per heavy atom. The fraction of sp³-hybridized carbons (Fsp3) is 0.0714. The molecule has 0 aliphatic carbocycles. The lowest BCUT2D eigenvalue weighted by atomic mass is 10.0. The molecule has 0 unspecified atom stereocenters. The van der Waals surface area contributed by atoms with Gasteiger partial charge in [0.15, 0.2) is 0 Å². The summed E-state index contributed by atoms with van der Waals surface area (Å²) < 4.78 is 13.7. The molecule has 1 N–H and O–H groups in total. The van der Waals surface area contributed by atoms with Crippen LogP contribution in [0.3, 0.4) is 0 Å². The summed E-state index contributed by atoms with van der Waals surface area (Å²) in [6.45, 7) is 0. The molecule has 6 heteroatoms. The SMILES string of the molecule is O=[N+]([O-])c1ccccc1C/C(=N\O)c1ccccc1F. The van der Waals surface area contributed by atoms with Gasteiger partial charge in [-0.15, -0.1) is 0 Å². The van der Waals surface area contributed by atoms with E-state index in [4.69, 9.17) is 5.21 Å². The molecule has 0 heterocycles. The van der Waals surface area contributed by atoms with Crippen LogP contribution in [0.2, 0.25) is 0 Å². The predicted octanol–water partition coefficient (Wildman–Crippen LogP) is 3.15. The van der Waals surface area contributed by atoms with Gasteiger partial charge in [0.1, 0.15) is 5.82 Å². The minimum atomic E-state index is -0.543. The Labute approximate surface area is 114 Å². The van der Waals surface area contributed by atoms with Gasteiger partial charge in [0.25, 0.3) is 5.69 Å². The molecule has 2 aromatic rings. The van der Waals surface area contributed by atoms with Crippen molar-refractivity contribution in [3.63, 3.8) is 0 Å². The summed E-state index contributed by atoms with van der Waals surface area (Å²) in [5.41, 5.74) is 0.420. The Kier molecular flexibility index (Phi) is 4.05. The molecule has 0 aliphatic rings. The van der Waals surface area contributed by atoms with Crippen LogP contribution in [0, 0.1) is 15.9 Å². The maximum atomic E-state index is 13.7. The first kappa shape index (κ1) is 13.7. The van der Waals surface area contributed by atoms with Crippen molar-refractivity contribution >= 4 is 11.4 Å². The summed E-state index contributed by atoms with van der Waals surface area (Å²) in [4.78, 5) is 10.4. The quantitative estimate of drug-likeness (QED) is 0.402. The molecule has 0 aliphatic heterocycles. The van der Waals surface area contributed by atoms with Gasteiger partial charge in [-0.1, -0.05) is 41.6 Å². The lowest BCUT2D eigenvalue weighted by Gasteiger charge is -2.06. The fourth-order valence-electron chi connectivity index (χ4n) is 1.90. The zero-order valence-electron chi connectivity index (χ0n) is 10.4. The van der Waals surface area contributed by atoms with E-state index in [2.05, 4.69) is 5.16 Å². The molecule has 0 fully saturated rings. The van der Waals surface area contributed by atoms with Gasteiger partial charge in [-0.05, 0) is 6.07 Å². The highest BCUT2D eigenvalue weighted by Gasteiger charge is 2.17. The molecule has 0 aromatic heterocycles. The molecule has 0 amide bonds. The maximum Gasteiger partial charge on any atom is 0.272 e. The summed E-state index contributed by atoms with van der Waals surface area (Å²) in [5.74, 6) is -0.543. The molecule has 102 valence electrons. The molecule has 0 spiro atoms. The third-order valence-corrected chi connectivity index (χ3v) is 2.85. The van der Waals surface area contributed by atoms with Crippen LogP contribution in [0.5, 0.6) is 0 Å². The second kappa shape index (κ2) is 5.92. The summed E-state index contributed by atoms with van der Waals surface area (Å²) in [7, 11) is 0. The zero-order chi connectivity index (χ0) is 14.5. The maximum absolute atomic E-state index is 13.7. The Balaban J connectivity index is 2.38. The van der Waals surface area contributed by atoms with E-state index < -0.39 is 10.7 Å². The first-order valence-corrected chi connectivity index (χ1v) is 5.81. The second-order valence-corrected chi connectivity index (χ2v) is 4.09. The predicted molar refractivity (Wildman–Crippen MR) is 71.5 cm³/mol. The molecule has 0 radical (unpaired) electrons. The van der Waals surface area contributed by atoms with E-state index in [0.29, 0.717) is 5.56 Å². The van der Waals surface area contributed by atoms with Crippen molar-refractivity contribution in [3.8, 4) is 0 Å². The smallest absolute Gasteiger partial charge is 0.272 e. The van der Waals surface area contributed by atoms with Gasteiger partial charge in [-0.25, -0.2) is 4.39 Å². The summed E-state index contributed by atoms with van der Waals surface area (Å²) in [6.07, 6.45) is -0.0331. The van der Waals surface area contributed by atoms with E-state index in [-0.39, 0.29) is 23.4 Å². The molecule has 0 atom stereocenters. The van der Waals surface area contributed by atoms with Crippen LogP contribution in [-0.2, 0) is 6.42 Å². The Bertz CT molecular complexity index is 671. The van der Waals surface area contributed by atoms with Crippen molar-refractivity contribution in [2.45, 2.75) is 6.42 Å². The first-order valence-electron chi connectivity index (χ1n) is 5.81. The third kappa shape index (κ3) is 2.80. The number of rotatable bonds is 4. The second-order valence-electron chi connectivity index (χ2n) is 4.09. The Hall–Kier alpha value is -2.76. The largest absolute Gasteiger partial charge is 0.411 e. The van der Waals surface area contributed by atoms with E-state index in [9.17, 15) is 14.5 Å². The van der Waals surface area contributed by atoms with Crippen LogP contribution in [-0.4, -0.2) is 15.8 Å². The molecular formula is C14H11FN2O3. The van der Waals surface area contributed by atoms with E-state index in [1.165, 1.54) is 24.3 Å². The average molecular weight is 274 g/mol. The molecular weight excluding hydrogens is 263 g/mol. The fourth-order valence-corrected chi connectivity index (χ4v) is 1.90. The van der Waals surface area contributed by atoms with E-state index in [1.54, 1.807) is 24.3 Å². The molecule has 0 saturated heterocycles. The topological polar surface area (TPSA) is 75.7 Å². The highest BCUT2D eigenvalue weighted by Crippen LogP contribution is 2.20. The van der Waals surface area contributed by atoms with Crippen LogP contribution in [0.15, 0.2) is 53.7 Å². The highest BCUT2D eigenvalue weighted by molar-refractivity contribution is 6.02. The normalized spacial score (nSPS) is 11.3. The number of hydrogen-bond acceptors (Lipinski definition) is 4. The number of hydrogen-bond donors (Lipinski definition) is 1. The standard InChI is InChI=1S/C14H11FN2O3/c15-12-7-3-2-6-11(12)13(16-18)9-10-5-1-4-8-14(10)17(19)20/h1-8,18H,9H2/b16-13+. The van der Waals surface area contributed by atoms with Crippen LogP contribution >= 0.6 is 0 Å². The van der Waals surface area contributed by atoms with Crippen molar-refractivity contribution in [1.82, 2.24) is 0 Å². The monoisotopic (exact) mass is 274 g/mol. The van der Waals surface area contributed by atoms with Gasteiger partial charge in [0.2, 0.25) is 0 Å². The third-order valence-electron chi connectivity index (χ3n) is 2.85. The number of para-hydroxylation sites is 1. The van der Waals surface area contributed by atoms with Gasteiger partial charge < -0.3 is 5.21 Å². The zero-order valence-corrected chi connectivity index (χ0v) is 10.4. The van der Waals surface area contributed by atoms with Gasteiger partial charge in [-0.2, -0.15) is 0 Å². The lowest BCUT2D eigenvalue weighted by Crippen LogP contribution is -2.09. The van der Waals surface area contributed by atoms with Crippen molar-refractivity contribution in [2.24, 2.45) is 5.16 Å². The summed E-state index contributed by atoms with van der Waals surface area (Å²) in [6, 6.07) is 11.9. The molecule has 2 aromatic carbocycles. The molecule has 5 nitrogen and oxygen atoms in total. The van der Waals surface area contributed by atoms with Crippen molar-refractivity contribution < 1.29 is 14.5 Å². The number of benzene rings is 2. The Morgan fingerprint density at radius 1 is 1.20 bits per heavy atom. The minimum Gasteiger partial charge on any atom is -0.411 e. The van der Waals surface area contributed by atoms with E-state index in [1.807, 2.05) is 0 Å². The molecule has 20 heavy (non-hydrogen) atoms. The first-order chi connectivity index (χ1) is 9.63. The van der Waals surface area contributed by atoms with Gasteiger partial charge in [0.05, 0.1) is 10.6 Å². The van der Waals surface area contributed by atoms with Crippen LogP contribution in [0.1, 0.15) is 11.1 Å². The summed E-state index contributed by atoms with van der Waals surface area (Å²) in [5, 5.41) is 23.0. The van der Waals surface area contributed by atoms with Crippen molar-refractivity contribution in [2.75, 3.05) is 0 Å². The van der Waals surface area contributed by atoms with Gasteiger partial charge in [0, 0.05) is 23.6 Å². The molecule has 0 saturated carbocycles. The van der Waals surface area contributed by atoms with Crippen LogP contribution < -0.4 is 0 Å². The highest BCUT2D eigenvalue weighted by atomic mass is 19.1. The molecule has 2 rings (SSSR count). The number of oxime groups is 1. The number of nitro groups is 1. The Morgan fingerprint density at radius 2 is 1.85 bits per heavy atom. The number of nitrogens with zero attached hydrogens (tertiary/aromatic N) is 2. The van der Waals surface area contributed by atoms with Gasteiger partial charge >= 0.3 is 0 Å². The number of halogens is 1.